The van der Waals surface area contributed by atoms with Crippen molar-refractivity contribution < 1.29 is 9.53 Å². The lowest BCUT2D eigenvalue weighted by atomic mass is 10.0. The number of nitrogens with zero attached hydrogens (tertiary/aromatic N) is 1. The molecule has 1 aromatic heterocycles. The van der Waals surface area contributed by atoms with Gasteiger partial charge in [0.15, 0.2) is 0 Å². The summed E-state index contributed by atoms with van der Waals surface area (Å²) in [6.45, 7) is 0.859. The lowest BCUT2D eigenvalue weighted by molar-refractivity contribution is 0.0740. The van der Waals surface area contributed by atoms with Crippen LogP contribution in [0.15, 0.2) is 30.3 Å². The number of fused-ring (bicyclic) bond motifs is 1. The van der Waals surface area contributed by atoms with E-state index in [2.05, 4.69) is 23.1 Å². The van der Waals surface area contributed by atoms with E-state index in [-0.39, 0.29) is 11.9 Å². The van der Waals surface area contributed by atoms with Crippen molar-refractivity contribution in [1.82, 2.24) is 4.90 Å². The standard InChI is InChI=1S/C19H21NO2S/c1-22-15-9-7-13(8-10-15)16-5-3-11-20(16)19(21)18-12-14-4-2-6-17(14)23-18/h7-10,12,16H,2-6,11H2,1H3. The SMILES string of the molecule is COc1ccc(C2CCCN2C(=O)c2cc3c(s2)CCC3)cc1. The lowest BCUT2D eigenvalue weighted by Crippen LogP contribution is -2.29. The summed E-state index contributed by atoms with van der Waals surface area (Å²) in [6, 6.07) is 10.5. The highest BCUT2D eigenvalue weighted by Gasteiger charge is 2.32. The Balaban J connectivity index is 1.57. The van der Waals surface area contributed by atoms with Crippen LogP contribution in [0.4, 0.5) is 0 Å². The summed E-state index contributed by atoms with van der Waals surface area (Å²) in [6.07, 6.45) is 5.65. The fourth-order valence-electron chi connectivity index (χ4n) is 3.76. The number of amides is 1. The van der Waals surface area contributed by atoms with Crippen LogP contribution in [0.2, 0.25) is 0 Å². The zero-order valence-electron chi connectivity index (χ0n) is 13.4. The number of ether oxygens (including phenoxy) is 1. The predicted octanol–water partition coefficient (Wildman–Crippen LogP) is 4.22. The minimum absolute atomic E-state index is 0.199. The van der Waals surface area contributed by atoms with E-state index in [4.69, 9.17) is 4.74 Å². The van der Waals surface area contributed by atoms with E-state index in [0.29, 0.717) is 0 Å². The Hall–Kier alpha value is -1.81. The largest absolute Gasteiger partial charge is 0.497 e. The number of carbonyl (C=O) groups is 1. The normalized spacial score (nSPS) is 19.9. The summed E-state index contributed by atoms with van der Waals surface area (Å²) in [5, 5.41) is 0. The number of aryl methyl sites for hydroxylation is 2. The van der Waals surface area contributed by atoms with E-state index < -0.39 is 0 Å². The molecule has 1 amide bonds. The number of hydrogen-bond acceptors (Lipinski definition) is 3. The Morgan fingerprint density at radius 3 is 2.78 bits per heavy atom. The summed E-state index contributed by atoms with van der Waals surface area (Å²) in [7, 11) is 1.68. The van der Waals surface area contributed by atoms with Crippen molar-refractivity contribution in [1.29, 1.82) is 0 Å². The molecule has 23 heavy (non-hydrogen) atoms. The minimum atomic E-state index is 0.199. The number of methoxy groups -OCH3 is 1. The molecule has 1 aromatic carbocycles. The molecule has 1 saturated heterocycles. The van der Waals surface area contributed by atoms with Gasteiger partial charge in [-0.15, -0.1) is 11.3 Å². The van der Waals surface area contributed by atoms with E-state index in [1.54, 1.807) is 18.4 Å². The molecular formula is C19H21NO2S. The second-order valence-electron chi connectivity index (χ2n) is 6.34. The van der Waals surface area contributed by atoms with Crippen LogP contribution in [0.3, 0.4) is 0 Å². The second-order valence-corrected chi connectivity index (χ2v) is 7.48. The van der Waals surface area contributed by atoms with E-state index in [9.17, 15) is 4.79 Å². The third-order valence-corrected chi connectivity index (χ3v) is 6.20. The van der Waals surface area contributed by atoms with Crippen molar-refractivity contribution in [2.24, 2.45) is 0 Å². The molecule has 2 aliphatic rings. The second kappa shape index (κ2) is 6.00. The Kier molecular flexibility index (Phi) is 3.85. The van der Waals surface area contributed by atoms with Crippen LogP contribution in [-0.2, 0) is 12.8 Å². The van der Waals surface area contributed by atoms with Gasteiger partial charge >= 0.3 is 0 Å². The Morgan fingerprint density at radius 2 is 2.04 bits per heavy atom. The van der Waals surface area contributed by atoms with Crippen LogP contribution in [0.1, 0.15) is 51.0 Å². The smallest absolute Gasteiger partial charge is 0.264 e. The van der Waals surface area contributed by atoms with E-state index in [0.717, 1.165) is 42.9 Å². The van der Waals surface area contributed by atoms with Gasteiger partial charge in [0.1, 0.15) is 5.75 Å². The van der Waals surface area contributed by atoms with Gasteiger partial charge in [-0.2, -0.15) is 0 Å². The maximum absolute atomic E-state index is 13.0. The van der Waals surface area contributed by atoms with Gasteiger partial charge in [-0.3, -0.25) is 4.79 Å². The van der Waals surface area contributed by atoms with Crippen molar-refractivity contribution >= 4 is 17.2 Å². The van der Waals surface area contributed by atoms with Gasteiger partial charge in [-0.1, -0.05) is 12.1 Å². The van der Waals surface area contributed by atoms with Crippen LogP contribution in [0.5, 0.6) is 5.75 Å². The molecule has 3 nitrogen and oxygen atoms in total. The summed E-state index contributed by atoms with van der Waals surface area (Å²) in [4.78, 5) is 17.4. The van der Waals surface area contributed by atoms with Gasteiger partial charge in [-0.25, -0.2) is 0 Å². The van der Waals surface area contributed by atoms with E-state index >= 15 is 0 Å². The molecule has 0 radical (unpaired) electrons. The molecular weight excluding hydrogens is 306 g/mol. The first-order valence-corrected chi connectivity index (χ1v) is 9.14. The van der Waals surface area contributed by atoms with Crippen LogP contribution >= 0.6 is 11.3 Å². The summed E-state index contributed by atoms with van der Waals surface area (Å²) in [5.41, 5.74) is 2.61. The molecule has 1 atom stereocenters. The third-order valence-electron chi connectivity index (χ3n) is 4.97. The van der Waals surface area contributed by atoms with Crippen molar-refractivity contribution in [3.05, 3.63) is 51.2 Å². The van der Waals surface area contributed by atoms with Gasteiger partial charge in [-0.05, 0) is 61.4 Å². The zero-order valence-corrected chi connectivity index (χ0v) is 14.2. The fourth-order valence-corrected chi connectivity index (χ4v) is 4.97. The first-order chi connectivity index (χ1) is 11.3. The predicted molar refractivity (Wildman–Crippen MR) is 92.3 cm³/mol. The summed E-state index contributed by atoms with van der Waals surface area (Å²) < 4.78 is 5.23. The zero-order chi connectivity index (χ0) is 15.8. The number of carbonyl (C=O) groups excluding carboxylic acids is 1. The third kappa shape index (κ3) is 2.65. The Morgan fingerprint density at radius 1 is 1.22 bits per heavy atom. The summed E-state index contributed by atoms with van der Waals surface area (Å²) >= 11 is 1.71. The average Bonchev–Trinajstić information content (AvgIpc) is 3.29. The average molecular weight is 327 g/mol. The topological polar surface area (TPSA) is 29.5 Å². The van der Waals surface area contributed by atoms with Gasteiger partial charge in [0.25, 0.3) is 5.91 Å². The molecule has 0 saturated carbocycles. The molecule has 0 spiro atoms. The number of hydrogen-bond donors (Lipinski definition) is 0. The molecule has 1 aliphatic heterocycles. The van der Waals surface area contributed by atoms with Gasteiger partial charge < -0.3 is 9.64 Å². The molecule has 120 valence electrons. The van der Waals surface area contributed by atoms with E-state index in [1.807, 2.05) is 12.1 Å². The fraction of sp³-hybridized carbons (Fsp3) is 0.421. The number of thiophene rings is 1. The van der Waals surface area contributed by atoms with Crippen LogP contribution in [0, 0.1) is 0 Å². The summed E-state index contributed by atoms with van der Waals surface area (Å²) in [5.74, 6) is 1.07. The maximum atomic E-state index is 13.0. The number of rotatable bonds is 3. The molecule has 2 heterocycles. The van der Waals surface area contributed by atoms with Crippen molar-refractivity contribution in [2.45, 2.75) is 38.1 Å². The van der Waals surface area contributed by atoms with Crippen molar-refractivity contribution in [3.8, 4) is 5.75 Å². The lowest BCUT2D eigenvalue weighted by Gasteiger charge is -2.24. The van der Waals surface area contributed by atoms with Crippen molar-refractivity contribution in [3.63, 3.8) is 0 Å². The molecule has 4 heteroatoms. The van der Waals surface area contributed by atoms with Crippen LogP contribution in [-0.4, -0.2) is 24.5 Å². The molecule has 1 fully saturated rings. The quantitative estimate of drug-likeness (QED) is 0.844. The molecule has 1 aliphatic carbocycles. The number of benzene rings is 1. The molecule has 1 unspecified atom stereocenters. The molecule has 0 bridgehead atoms. The van der Waals surface area contributed by atoms with Gasteiger partial charge in [0.05, 0.1) is 18.0 Å². The van der Waals surface area contributed by atoms with Gasteiger partial charge in [0, 0.05) is 11.4 Å². The molecule has 0 N–H and O–H groups in total. The molecule has 2 aromatic rings. The minimum Gasteiger partial charge on any atom is -0.497 e. The Bertz CT molecular complexity index is 698. The van der Waals surface area contributed by atoms with Crippen LogP contribution < -0.4 is 4.74 Å². The highest BCUT2D eigenvalue weighted by Crippen LogP contribution is 2.37. The van der Waals surface area contributed by atoms with Crippen LogP contribution in [0.25, 0.3) is 0 Å². The monoisotopic (exact) mass is 327 g/mol. The first kappa shape index (κ1) is 14.8. The highest BCUT2D eigenvalue weighted by atomic mass is 32.1. The first-order valence-electron chi connectivity index (χ1n) is 8.33. The maximum Gasteiger partial charge on any atom is 0.264 e. The van der Waals surface area contributed by atoms with Gasteiger partial charge in [0.2, 0.25) is 0 Å². The highest BCUT2D eigenvalue weighted by molar-refractivity contribution is 7.14. The molecule has 4 rings (SSSR count). The van der Waals surface area contributed by atoms with Crippen molar-refractivity contribution in [2.75, 3.05) is 13.7 Å². The number of likely N-dealkylation sites (tertiary alicyclic amines) is 1. The van der Waals surface area contributed by atoms with E-state index in [1.165, 1.54) is 22.4 Å². The Labute approximate surface area is 140 Å².